The second-order valence-electron chi connectivity index (χ2n) is 8.27. The van der Waals surface area contributed by atoms with Gasteiger partial charge in [-0.2, -0.15) is 0 Å². The number of carbonyl (C=O) groups excluding carboxylic acids is 1. The molecule has 29 heavy (non-hydrogen) atoms. The zero-order chi connectivity index (χ0) is 21.1. The zero-order valence-electron chi connectivity index (χ0n) is 17.8. The Morgan fingerprint density at radius 2 is 1.66 bits per heavy atom. The van der Waals surface area contributed by atoms with E-state index in [9.17, 15) is 4.79 Å². The number of rotatable bonds is 6. The molecule has 0 radical (unpaired) electrons. The van der Waals surface area contributed by atoms with Crippen molar-refractivity contribution in [3.8, 4) is 0 Å². The number of nitrogens with zero attached hydrogens (tertiary/aromatic N) is 4. The highest BCUT2D eigenvalue weighted by Crippen LogP contribution is 2.44. The molecule has 7 nitrogen and oxygen atoms in total. The molecule has 2 N–H and O–H groups in total. The summed E-state index contributed by atoms with van der Waals surface area (Å²) in [6, 6.07) is 10.7. The third-order valence-corrected chi connectivity index (χ3v) is 6.24. The van der Waals surface area contributed by atoms with Crippen molar-refractivity contribution in [2.24, 2.45) is 5.73 Å². The Labute approximate surface area is 172 Å². The van der Waals surface area contributed by atoms with E-state index in [2.05, 4.69) is 68.9 Å². The van der Waals surface area contributed by atoms with Crippen LogP contribution in [0.15, 0.2) is 42.7 Å². The summed E-state index contributed by atoms with van der Waals surface area (Å²) in [6.45, 7) is 0.701. The second kappa shape index (κ2) is 8.47. The number of aromatic nitrogens is 2. The molecule has 1 aliphatic rings. The summed E-state index contributed by atoms with van der Waals surface area (Å²) in [5, 5.41) is 0. The normalized spacial score (nSPS) is 24.3. The Hall–Kier alpha value is -2.51. The van der Waals surface area contributed by atoms with Crippen molar-refractivity contribution in [1.82, 2.24) is 14.9 Å². The molecule has 1 heterocycles. The van der Waals surface area contributed by atoms with Gasteiger partial charge >= 0.3 is 5.97 Å². The Balaban J connectivity index is 1.69. The van der Waals surface area contributed by atoms with Gasteiger partial charge in [-0.25, -0.2) is 14.8 Å². The topological polar surface area (TPSA) is 84.6 Å². The van der Waals surface area contributed by atoms with Crippen molar-refractivity contribution in [3.05, 3.63) is 54.1 Å². The predicted octanol–water partition coefficient (Wildman–Crippen LogP) is 2.43. The molecule has 0 bridgehead atoms. The summed E-state index contributed by atoms with van der Waals surface area (Å²) in [5.74, 6) is -0.480. The van der Waals surface area contributed by atoms with Gasteiger partial charge in [-0.3, -0.25) is 4.90 Å². The van der Waals surface area contributed by atoms with Gasteiger partial charge in [0.05, 0.1) is 25.2 Å². The second-order valence-corrected chi connectivity index (χ2v) is 8.27. The quantitative estimate of drug-likeness (QED) is 0.749. The summed E-state index contributed by atoms with van der Waals surface area (Å²) in [6.07, 6.45) is 7.13. The van der Waals surface area contributed by atoms with Gasteiger partial charge in [0.1, 0.15) is 0 Å². The largest absolute Gasteiger partial charge is 0.463 e. The lowest BCUT2D eigenvalue weighted by molar-refractivity contribution is 0.0586. The number of ether oxygens (including phenoxy) is 1. The van der Waals surface area contributed by atoms with Gasteiger partial charge in [-0.05, 0) is 45.3 Å². The lowest BCUT2D eigenvalue weighted by Crippen LogP contribution is -2.56. The monoisotopic (exact) mass is 397 g/mol. The number of anilines is 1. The average Bonchev–Trinajstić information content (AvgIpc) is 2.74. The van der Waals surface area contributed by atoms with E-state index in [4.69, 9.17) is 5.73 Å². The maximum atomic E-state index is 11.5. The third-order valence-electron chi connectivity index (χ3n) is 6.24. The van der Waals surface area contributed by atoms with Gasteiger partial charge in [-0.15, -0.1) is 0 Å². The van der Waals surface area contributed by atoms with Gasteiger partial charge in [0.2, 0.25) is 5.82 Å². The van der Waals surface area contributed by atoms with Crippen LogP contribution in [0.2, 0.25) is 0 Å². The summed E-state index contributed by atoms with van der Waals surface area (Å²) >= 11 is 0. The van der Waals surface area contributed by atoms with Crippen LogP contribution in [0.25, 0.3) is 0 Å². The molecule has 2 aromatic rings. The highest BCUT2D eigenvalue weighted by atomic mass is 16.5. The van der Waals surface area contributed by atoms with Crippen LogP contribution < -0.4 is 10.6 Å². The highest BCUT2D eigenvalue weighted by Gasteiger charge is 2.43. The van der Waals surface area contributed by atoms with Gasteiger partial charge in [-0.1, -0.05) is 30.3 Å². The Morgan fingerprint density at radius 1 is 1.07 bits per heavy atom. The van der Waals surface area contributed by atoms with Gasteiger partial charge < -0.3 is 15.4 Å². The van der Waals surface area contributed by atoms with E-state index >= 15 is 0 Å². The minimum atomic E-state index is -0.539. The van der Waals surface area contributed by atoms with E-state index in [-0.39, 0.29) is 16.9 Å². The molecule has 7 heteroatoms. The first-order valence-corrected chi connectivity index (χ1v) is 9.93. The van der Waals surface area contributed by atoms with Crippen molar-refractivity contribution in [1.29, 1.82) is 0 Å². The van der Waals surface area contributed by atoms with Crippen molar-refractivity contribution >= 4 is 11.7 Å². The van der Waals surface area contributed by atoms with E-state index in [0.717, 1.165) is 31.4 Å². The van der Waals surface area contributed by atoms with E-state index in [0.29, 0.717) is 6.54 Å². The standard InChI is InChI=1S/C22H31N5O2/c1-26(2)22(17-8-6-5-7-9-17)12-10-21(23,11-13-22)16-27(3)18-14-24-19(25-15-18)20(28)29-4/h5-9,14-15H,10-13,16,23H2,1-4H3. The number of hydrogen-bond donors (Lipinski definition) is 1. The van der Waals surface area contributed by atoms with Crippen LogP contribution >= 0.6 is 0 Å². The summed E-state index contributed by atoms with van der Waals surface area (Å²) in [7, 11) is 7.61. The molecule has 0 spiro atoms. The Bertz CT molecular complexity index is 815. The van der Waals surface area contributed by atoms with Gasteiger partial charge in [0.25, 0.3) is 0 Å². The molecular formula is C22H31N5O2. The molecule has 156 valence electrons. The van der Waals surface area contributed by atoms with Crippen LogP contribution in [0.3, 0.4) is 0 Å². The lowest BCUT2D eigenvalue weighted by Gasteiger charge is -2.49. The van der Waals surface area contributed by atoms with Crippen molar-refractivity contribution in [2.45, 2.75) is 36.8 Å². The molecule has 0 amide bonds. The van der Waals surface area contributed by atoms with E-state index in [1.807, 2.05) is 7.05 Å². The number of likely N-dealkylation sites (N-methyl/N-ethyl adjacent to an activating group) is 1. The van der Waals surface area contributed by atoms with Gasteiger partial charge in [0.15, 0.2) is 0 Å². The molecule has 0 saturated heterocycles. The van der Waals surface area contributed by atoms with E-state index < -0.39 is 5.97 Å². The van der Waals surface area contributed by atoms with Crippen molar-refractivity contribution < 1.29 is 9.53 Å². The lowest BCUT2D eigenvalue weighted by atomic mass is 9.69. The zero-order valence-corrected chi connectivity index (χ0v) is 17.8. The molecule has 1 saturated carbocycles. The molecule has 1 aromatic carbocycles. The number of carbonyl (C=O) groups is 1. The Kier molecular flexibility index (Phi) is 6.19. The molecule has 1 fully saturated rings. The van der Waals surface area contributed by atoms with Crippen LogP contribution in [0.4, 0.5) is 5.69 Å². The number of esters is 1. The maximum absolute atomic E-state index is 11.5. The van der Waals surface area contributed by atoms with E-state index in [1.165, 1.54) is 12.7 Å². The first kappa shape index (κ1) is 21.2. The molecule has 0 aliphatic heterocycles. The number of methoxy groups -OCH3 is 1. The molecule has 0 atom stereocenters. The van der Waals surface area contributed by atoms with Crippen molar-refractivity contribution in [3.63, 3.8) is 0 Å². The first-order valence-electron chi connectivity index (χ1n) is 9.93. The molecule has 3 rings (SSSR count). The molecule has 0 unspecified atom stereocenters. The van der Waals surface area contributed by atoms with Gasteiger partial charge in [0, 0.05) is 24.7 Å². The minimum Gasteiger partial charge on any atom is -0.463 e. The fourth-order valence-corrected chi connectivity index (χ4v) is 4.34. The fourth-order valence-electron chi connectivity index (χ4n) is 4.34. The molecular weight excluding hydrogens is 366 g/mol. The number of benzene rings is 1. The highest BCUT2D eigenvalue weighted by molar-refractivity contribution is 5.85. The summed E-state index contributed by atoms with van der Waals surface area (Å²) < 4.78 is 4.65. The SMILES string of the molecule is COC(=O)c1ncc(N(C)CC2(N)CCC(c3ccccc3)(N(C)C)CC2)cn1. The van der Waals surface area contributed by atoms with Crippen LogP contribution in [0.1, 0.15) is 41.9 Å². The third kappa shape index (κ3) is 4.41. The minimum absolute atomic E-state index is 0.0218. The summed E-state index contributed by atoms with van der Waals surface area (Å²) in [5.41, 5.74) is 8.74. The maximum Gasteiger partial charge on any atom is 0.376 e. The van der Waals surface area contributed by atoms with Crippen LogP contribution in [0.5, 0.6) is 0 Å². The van der Waals surface area contributed by atoms with Crippen LogP contribution in [-0.2, 0) is 10.3 Å². The van der Waals surface area contributed by atoms with Crippen molar-refractivity contribution in [2.75, 3.05) is 39.7 Å². The fraction of sp³-hybridized carbons (Fsp3) is 0.500. The average molecular weight is 398 g/mol. The van der Waals surface area contributed by atoms with E-state index in [1.54, 1.807) is 12.4 Å². The predicted molar refractivity (Wildman–Crippen MR) is 114 cm³/mol. The summed E-state index contributed by atoms with van der Waals surface area (Å²) in [4.78, 5) is 24.1. The van der Waals surface area contributed by atoms with Crippen LogP contribution in [0, 0.1) is 0 Å². The number of hydrogen-bond acceptors (Lipinski definition) is 7. The smallest absolute Gasteiger partial charge is 0.376 e. The Morgan fingerprint density at radius 3 is 2.17 bits per heavy atom. The molecule has 1 aromatic heterocycles. The van der Waals surface area contributed by atoms with Crippen LogP contribution in [-0.4, -0.2) is 61.2 Å². The number of nitrogens with two attached hydrogens (primary N) is 1. The molecule has 1 aliphatic carbocycles. The first-order chi connectivity index (χ1) is 13.8.